The zero-order chi connectivity index (χ0) is 13.9. The van der Waals surface area contributed by atoms with Crippen molar-refractivity contribution in [3.05, 3.63) is 59.3 Å². The fraction of sp³-hybridized carbons (Fsp3) is 0.353. The molecule has 3 N–H and O–H groups in total. The molecule has 2 aromatic rings. The van der Waals surface area contributed by atoms with Gasteiger partial charge in [-0.15, -0.1) is 0 Å². The van der Waals surface area contributed by atoms with Crippen LogP contribution in [0.2, 0.25) is 0 Å². The van der Waals surface area contributed by atoms with Crippen LogP contribution in [0.25, 0.3) is 0 Å². The lowest BCUT2D eigenvalue weighted by Gasteiger charge is -2.28. The number of aliphatic hydroxyl groups excluding tert-OH is 1. The molecule has 0 bridgehead atoms. The summed E-state index contributed by atoms with van der Waals surface area (Å²) in [6, 6.07) is 12.3. The van der Waals surface area contributed by atoms with Gasteiger partial charge in [0.05, 0.1) is 6.10 Å². The molecule has 3 rings (SSSR count). The van der Waals surface area contributed by atoms with Gasteiger partial charge in [-0.05, 0) is 60.4 Å². The van der Waals surface area contributed by atoms with Gasteiger partial charge in [-0.1, -0.05) is 24.3 Å². The number of nitrogens with zero attached hydrogens (tertiary/aromatic N) is 1. The van der Waals surface area contributed by atoms with Crippen LogP contribution in [0.15, 0.2) is 42.6 Å². The quantitative estimate of drug-likeness (QED) is 0.898. The number of nitrogen functional groups attached to an aromatic ring is 1. The molecule has 0 saturated carbocycles. The molecule has 0 radical (unpaired) electrons. The van der Waals surface area contributed by atoms with Crippen LogP contribution in [0.5, 0.6) is 0 Å². The van der Waals surface area contributed by atoms with Crippen molar-refractivity contribution in [3.8, 4) is 0 Å². The summed E-state index contributed by atoms with van der Waals surface area (Å²) in [6.45, 7) is 0. The number of hydrogen-bond donors (Lipinski definition) is 2. The minimum atomic E-state index is -0.315. The third kappa shape index (κ3) is 2.83. The van der Waals surface area contributed by atoms with E-state index in [-0.39, 0.29) is 6.10 Å². The Balaban J connectivity index is 1.68. The fourth-order valence-corrected chi connectivity index (χ4v) is 3.08. The van der Waals surface area contributed by atoms with Crippen LogP contribution >= 0.6 is 0 Å². The molecule has 0 amide bonds. The first-order valence-corrected chi connectivity index (χ1v) is 7.17. The Morgan fingerprint density at radius 3 is 2.85 bits per heavy atom. The number of rotatable bonds is 3. The highest BCUT2D eigenvalue weighted by atomic mass is 16.3. The van der Waals surface area contributed by atoms with E-state index in [0.717, 1.165) is 24.8 Å². The average molecular weight is 268 g/mol. The summed E-state index contributed by atoms with van der Waals surface area (Å²) in [5, 5.41) is 10.5. The Kier molecular flexibility index (Phi) is 3.70. The maximum Gasteiger partial charge on any atom is 0.123 e. The third-order valence-corrected chi connectivity index (χ3v) is 4.22. The number of fused-ring (bicyclic) bond motifs is 1. The van der Waals surface area contributed by atoms with Crippen molar-refractivity contribution < 1.29 is 5.11 Å². The summed E-state index contributed by atoms with van der Waals surface area (Å²) in [5.74, 6) is 0.850. The molecular weight excluding hydrogens is 248 g/mol. The van der Waals surface area contributed by atoms with Gasteiger partial charge in [-0.25, -0.2) is 4.98 Å². The van der Waals surface area contributed by atoms with Gasteiger partial charge in [0.25, 0.3) is 0 Å². The Bertz CT molecular complexity index is 597. The first-order chi connectivity index (χ1) is 9.72. The van der Waals surface area contributed by atoms with Gasteiger partial charge >= 0.3 is 0 Å². The number of hydrogen-bond acceptors (Lipinski definition) is 3. The molecular formula is C17H20N2O. The molecule has 2 unspecified atom stereocenters. The molecule has 0 fully saturated rings. The van der Waals surface area contributed by atoms with E-state index in [4.69, 9.17) is 5.73 Å². The van der Waals surface area contributed by atoms with Gasteiger partial charge < -0.3 is 10.8 Å². The summed E-state index contributed by atoms with van der Waals surface area (Å²) in [5.41, 5.74) is 9.56. The predicted molar refractivity (Wildman–Crippen MR) is 80.3 cm³/mol. The smallest absolute Gasteiger partial charge is 0.123 e. The highest BCUT2D eigenvalue weighted by Gasteiger charge is 2.24. The standard InChI is InChI=1S/C17H20N2O/c18-17-10-12(7-8-19-17)9-16(20)15-6-5-13-3-1-2-4-14(13)11-15/h1-4,7-8,10,15-16,20H,5-6,9,11H2,(H2,18,19). The van der Waals surface area contributed by atoms with E-state index in [1.165, 1.54) is 11.1 Å². The minimum absolute atomic E-state index is 0.315. The van der Waals surface area contributed by atoms with Gasteiger partial charge in [-0.2, -0.15) is 0 Å². The van der Waals surface area contributed by atoms with Crippen LogP contribution in [0.1, 0.15) is 23.1 Å². The van der Waals surface area contributed by atoms with Gasteiger partial charge in [0, 0.05) is 6.20 Å². The van der Waals surface area contributed by atoms with Crippen molar-refractivity contribution in [1.82, 2.24) is 4.98 Å². The summed E-state index contributed by atoms with van der Waals surface area (Å²) in [6.07, 6.45) is 5.13. The molecule has 3 heteroatoms. The van der Waals surface area contributed by atoms with Crippen molar-refractivity contribution in [1.29, 1.82) is 0 Å². The minimum Gasteiger partial charge on any atom is -0.392 e. The summed E-state index contributed by atoms with van der Waals surface area (Å²) >= 11 is 0. The number of anilines is 1. The van der Waals surface area contributed by atoms with Gasteiger partial charge in [0.2, 0.25) is 0 Å². The van der Waals surface area contributed by atoms with E-state index in [2.05, 4.69) is 29.2 Å². The molecule has 1 heterocycles. The van der Waals surface area contributed by atoms with Gasteiger partial charge in [0.1, 0.15) is 5.82 Å². The number of aliphatic hydroxyl groups is 1. The molecule has 1 aromatic carbocycles. The Morgan fingerprint density at radius 1 is 1.25 bits per heavy atom. The Labute approximate surface area is 119 Å². The average Bonchev–Trinajstić information content (AvgIpc) is 2.47. The number of pyridine rings is 1. The van der Waals surface area contributed by atoms with Crippen LogP contribution in [0.4, 0.5) is 5.82 Å². The van der Waals surface area contributed by atoms with E-state index >= 15 is 0 Å². The molecule has 1 aliphatic rings. The second-order valence-electron chi connectivity index (χ2n) is 5.63. The van der Waals surface area contributed by atoms with Crippen LogP contribution in [0.3, 0.4) is 0 Å². The molecule has 104 valence electrons. The van der Waals surface area contributed by atoms with Crippen LogP contribution < -0.4 is 5.73 Å². The molecule has 1 aromatic heterocycles. The number of aryl methyl sites for hydroxylation is 1. The van der Waals surface area contributed by atoms with E-state index in [1.807, 2.05) is 12.1 Å². The van der Waals surface area contributed by atoms with E-state index in [1.54, 1.807) is 6.20 Å². The maximum absolute atomic E-state index is 10.5. The van der Waals surface area contributed by atoms with Crippen LogP contribution in [-0.4, -0.2) is 16.2 Å². The Hall–Kier alpha value is -1.87. The molecule has 0 spiro atoms. The molecule has 0 saturated heterocycles. The maximum atomic E-state index is 10.5. The topological polar surface area (TPSA) is 59.1 Å². The number of nitrogens with two attached hydrogens (primary N) is 1. The van der Waals surface area contributed by atoms with Crippen molar-refractivity contribution in [2.75, 3.05) is 5.73 Å². The fourth-order valence-electron chi connectivity index (χ4n) is 3.08. The highest BCUT2D eigenvalue weighted by molar-refractivity contribution is 5.33. The lowest BCUT2D eigenvalue weighted by Crippen LogP contribution is -2.28. The molecule has 20 heavy (non-hydrogen) atoms. The molecule has 0 aliphatic heterocycles. The van der Waals surface area contributed by atoms with Crippen LogP contribution in [0, 0.1) is 5.92 Å². The van der Waals surface area contributed by atoms with Gasteiger partial charge in [-0.3, -0.25) is 0 Å². The normalized spacial score (nSPS) is 19.4. The monoisotopic (exact) mass is 268 g/mol. The molecule has 1 aliphatic carbocycles. The van der Waals surface area contributed by atoms with Crippen LogP contribution in [-0.2, 0) is 19.3 Å². The van der Waals surface area contributed by atoms with Crippen molar-refractivity contribution in [3.63, 3.8) is 0 Å². The third-order valence-electron chi connectivity index (χ3n) is 4.22. The van der Waals surface area contributed by atoms with E-state index < -0.39 is 0 Å². The largest absolute Gasteiger partial charge is 0.392 e. The summed E-state index contributed by atoms with van der Waals surface area (Å²) < 4.78 is 0. The SMILES string of the molecule is Nc1cc(CC(O)C2CCc3ccccc3C2)ccn1. The zero-order valence-electron chi connectivity index (χ0n) is 11.5. The number of benzene rings is 1. The highest BCUT2D eigenvalue weighted by Crippen LogP contribution is 2.28. The first-order valence-electron chi connectivity index (χ1n) is 7.17. The second-order valence-corrected chi connectivity index (χ2v) is 5.63. The number of aromatic nitrogens is 1. The lowest BCUT2D eigenvalue weighted by molar-refractivity contribution is 0.0993. The molecule has 3 nitrogen and oxygen atoms in total. The molecule has 2 atom stereocenters. The van der Waals surface area contributed by atoms with E-state index in [9.17, 15) is 5.11 Å². The Morgan fingerprint density at radius 2 is 2.05 bits per heavy atom. The van der Waals surface area contributed by atoms with Crippen molar-refractivity contribution >= 4 is 5.82 Å². The van der Waals surface area contributed by atoms with E-state index in [0.29, 0.717) is 18.2 Å². The van der Waals surface area contributed by atoms with Crippen molar-refractivity contribution in [2.24, 2.45) is 5.92 Å². The van der Waals surface area contributed by atoms with Crippen molar-refractivity contribution in [2.45, 2.75) is 31.8 Å². The second kappa shape index (κ2) is 5.63. The zero-order valence-corrected chi connectivity index (χ0v) is 11.5. The van der Waals surface area contributed by atoms with Gasteiger partial charge in [0.15, 0.2) is 0 Å². The summed E-state index contributed by atoms with van der Waals surface area (Å²) in [7, 11) is 0. The predicted octanol–water partition coefficient (Wildman–Crippen LogP) is 2.37. The lowest BCUT2D eigenvalue weighted by atomic mass is 9.79. The summed E-state index contributed by atoms with van der Waals surface area (Å²) in [4.78, 5) is 3.99. The first kappa shape index (κ1) is 13.1.